The van der Waals surface area contributed by atoms with E-state index < -0.39 is 0 Å². The number of hydrogen-bond acceptors (Lipinski definition) is 2. The van der Waals surface area contributed by atoms with E-state index in [0.717, 1.165) is 43.1 Å². The third-order valence-corrected chi connectivity index (χ3v) is 4.21. The van der Waals surface area contributed by atoms with Gasteiger partial charge in [0.1, 0.15) is 11.5 Å². The van der Waals surface area contributed by atoms with E-state index in [1.54, 1.807) is 0 Å². The van der Waals surface area contributed by atoms with Crippen LogP contribution < -0.4 is 5.32 Å². The van der Waals surface area contributed by atoms with Crippen molar-refractivity contribution >= 4 is 5.91 Å². The molecule has 0 saturated carbocycles. The summed E-state index contributed by atoms with van der Waals surface area (Å²) in [4.78, 5) is 16.5. The summed E-state index contributed by atoms with van der Waals surface area (Å²) in [5.41, 5.74) is 1.81. The van der Waals surface area contributed by atoms with Gasteiger partial charge in [-0.05, 0) is 31.4 Å². The summed E-state index contributed by atoms with van der Waals surface area (Å²) in [5.74, 6) is 1.62. The molecule has 5 nitrogen and oxygen atoms in total. The highest BCUT2D eigenvalue weighted by molar-refractivity contribution is 5.92. The van der Waals surface area contributed by atoms with Gasteiger partial charge in [-0.2, -0.15) is 0 Å². The molecule has 106 valence electrons. The van der Waals surface area contributed by atoms with Gasteiger partial charge in [0.05, 0.1) is 0 Å². The lowest BCUT2D eigenvalue weighted by molar-refractivity contribution is 0.0936. The van der Waals surface area contributed by atoms with E-state index in [-0.39, 0.29) is 5.91 Å². The highest BCUT2D eigenvalue weighted by Gasteiger charge is 2.20. The molecule has 2 aromatic heterocycles. The minimum atomic E-state index is 0.00881. The Balaban J connectivity index is 1.58. The number of aryl methyl sites for hydroxylation is 2. The molecule has 1 aliphatic rings. The maximum atomic E-state index is 12.2. The lowest BCUT2D eigenvalue weighted by atomic mass is 9.98. The van der Waals surface area contributed by atoms with E-state index in [0.29, 0.717) is 5.92 Å². The van der Waals surface area contributed by atoms with Crippen LogP contribution >= 0.6 is 0 Å². The number of carbonyl (C=O) groups is 1. The zero-order valence-corrected chi connectivity index (χ0v) is 12.0. The smallest absolute Gasteiger partial charge is 0.267 e. The van der Waals surface area contributed by atoms with Crippen LogP contribution in [0.15, 0.2) is 24.5 Å². The predicted molar refractivity (Wildman–Crippen MR) is 76.5 cm³/mol. The molecule has 0 fully saturated rings. The van der Waals surface area contributed by atoms with Crippen LogP contribution in [0.3, 0.4) is 0 Å². The molecular formula is C15H20N4O. The zero-order valence-electron chi connectivity index (χ0n) is 12.0. The van der Waals surface area contributed by atoms with Crippen molar-refractivity contribution in [2.45, 2.75) is 26.3 Å². The summed E-state index contributed by atoms with van der Waals surface area (Å²) in [6.45, 7) is 3.72. The molecule has 20 heavy (non-hydrogen) atoms. The quantitative estimate of drug-likeness (QED) is 0.921. The summed E-state index contributed by atoms with van der Waals surface area (Å²) in [7, 11) is 1.92. The van der Waals surface area contributed by atoms with Crippen LogP contribution in [0.5, 0.6) is 0 Å². The van der Waals surface area contributed by atoms with Crippen LogP contribution in [0.4, 0.5) is 0 Å². The van der Waals surface area contributed by atoms with Gasteiger partial charge in [0.15, 0.2) is 0 Å². The Morgan fingerprint density at radius 1 is 1.50 bits per heavy atom. The van der Waals surface area contributed by atoms with Crippen molar-refractivity contribution in [3.63, 3.8) is 0 Å². The fourth-order valence-electron chi connectivity index (χ4n) is 2.76. The molecule has 5 heteroatoms. The highest BCUT2D eigenvalue weighted by Crippen LogP contribution is 2.18. The van der Waals surface area contributed by atoms with Crippen LogP contribution in [-0.2, 0) is 20.0 Å². The third-order valence-electron chi connectivity index (χ3n) is 4.21. The monoisotopic (exact) mass is 272 g/mol. The van der Waals surface area contributed by atoms with Crippen LogP contribution in [0.1, 0.15) is 28.4 Å². The number of fused-ring (bicyclic) bond motifs is 1. The van der Waals surface area contributed by atoms with Gasteiger partial charge in [0.2, 0.25) is 0 Å². The van der Waals surface area contributed by atoms with Gasteiger partial charge in [-0.3, -0.25) is 4.79 Å². The van der Waals surface area contributed by atoms with Crippen LogP contribution in [0, 0.1) is 12.8 Å². The van der Waals surface area contributed by atoms with Crippen molar-refractivity contribution in [3.05, 3.63) is 41.7 Å². The molecule has 0 aromatic carbocycles. The Hall–Kier alpha value is -2.04. The minimum Gasteiger partial charge on any atom is -0.350 e. The second-order valence-electron chi connectivity index (χ2n) is 5.52. The number of aromatic nitrogens is 3. The first-order valence-corrected chi connectivity index (χ1v) is 7.05. The average molecular weight is 272 g/mol. The molecule has 2 aromatic rings. The third kappa shape index (κ3) is 2.35. The highest BCUT2D eigenvalue weighted by atomic mass is 16.1. The lowest BCUT2D eigenvalue weighted by Gasteiger charge is -2.23. The first-order chi connectivity index (χ1) is 9.65. The Kier molecular flexibility index (Phi) is 3.34. The molecule has 0 spiro atoms. The fourth-order valence-corrected chi connectivity index (χ4v) is 2.76. The Morgan fingerprint density at radius 3 is 3.10 bits per heavy atom. The van der Waals surface area contributed by atoms with Gasteiger partial charge in [-0.25, -0.2) is 4.98 Å². The second-order valence-corrected chi connectivity index (χ2v) is 5.52. The topological polar surface area (TPSA) is 51.9 Å². The summed E-state index contributed by atoms with van der Waals surface area (Å²) in [5, 5.41) is 3.05. The largest absolute Gasteiger partial charge is 0.350 e. The van der Waals surface area contributed by atoms with E-state index in [1.165, 1.54) is 0 Å². The van der Waals surface area contributed by atoms with E-state index in [9.17, 15) is 4.79 Å². The van der Waals surface area contributed by atoms with Gasteiger partial charge in [-0.15, -0.1) is 0 Å². The first kappa shape index (κ1) is 13.0. The van der Waals surface area contributed by atoms with Gasteiger partial charge in [-0.1, -0.05) is 0 Å². The average Bonchev–Trinajstić information content (AvgIpc) is 3.03. The zero-order chi connectivity index (χ0) is 14.1. The van der Waals surface area contributed by atoms with Gasteiger partial charge >= 0.3 is 0 Å². The molecular weight excluding hydrogens is 252 g/mol. The number of imidazole rings is 1. The van der Waals surface area contributed by atoms with Crippen molar-refractivity contribution in [2.24, 2.45) is 13.0 Å². The SMILES string of the molecule is Cc1ccc(C(=O)NC[C@H]2CCn3ccnc3C2)n1C. The molecule has 0 aliphatic carbocycles. The van der Waals surface area contributed by atoms with E-state index in [2.05, 4.69) is 14.9 Å². The maximum Gasteiger partial charge on any atom is 0.267 e. The van der Waals surface area contributed by atoms with Crippen molar-refractivity contribution < 1.29 is 4.79 Å². The number of nitrogens with zero attached hydrogens (tertiary/aromatic N) is 3. The Morgan fingerprint density at radius 2 is 2.35 bits per heavy atom. The number of amides is 1. The number of hydrogen-bond donors (Lipinski definition) is 1. The molecule has 0 unspecified atom stereocenters. The van der Waals surface area contributed by atoms with Crippen LogP contribution in [0.2, 0.25) is 0 Å². The second kappa shape index (κ2) is 5.15. The van der Waals surface area contributed by atoms with Crippen molar-refractivity contribution in [1.82, 2.24) is 19.4 Å². The molecule has 0 bridgehead atoms. The maximum absolute atomic E-state index is 12.2. The van der Waals surface area contributed by atoms with Crippen molar-refractivity contribution in [3.8, 4) is 0 Å². The molecule has 1 aliphatic heterocycles. The van der Waals surface area contributed by atoms with Crippen LogP contribution in [0.25, 0.3) is 0 Å². The molecule has 3 heterocycles. The molecule has 1 N–H and O–H groups in total. The molecule has 0 saturated heterocycles. The van der Waals surface area contributed by atoms with Gasteiger partial charge < -0.3 is 14.5 Å². The first-order valence-electron chi connectivity index (χ1n) is 7.05. The Labute approximate surface area is 118 Å². The lowest BCUT2D eigenvalue weighted by Crippen LogP contribution is -2.34. The standard InChI is InChI=1S/C15H20N4O/c1-11-3-4-13(18(11)2)15(20)17-10-12-5-7-19-8-6-16-14(19)9-12/h3-4,6,8,12H,5,7,9-10H2,1-2H3,(H,17,20)/t12-/m0/s1. The van der Waals surface area contributed by atoms with Crippen LogP contribution in [-0.4, -0.2) is 26.6 Å². The predicted octanol–water partition coefficient (Wildman–Crippen LogP) is 1.52. The molecule has 1 amide bonds. The van der Waals surface area contributed by atoms with E-state index in [1.807, 2.05) is 43.1 Å². The molecule has 1 atom stereocenters. The molecule has 0 radical (unpaired) electrons. The van der Waals surface area contributed by atoms with E-state index >= 15 is 0 Å². The van der Waals surface area contributed by atoms with Crippen molar-refractivity contribution in [2.75, 3.05) is 6.54 Å². The van der Waals surface area contributed by atoms with Gasteiger partial charge in [0.25, 0.3) is 5.91 Å². The number of rotatable bonds is 3. The summed E-state index contributed by atoms with van der Waals surface area (Å²) in [6.07, 6.45) is 5.91. The molecule has 3 rings (SSSR count). The fraction of sp³-hybridized carbons (Fsp3) is 0.467. The summed E-state index contributed by atoms with van der Waals surface area (Å²) in [6, 6.07) is 3.84. The normalized spacial score (nSPS) is 17.8. The van der Waals surface area contributed by atoms with Gasteiger partial charge in [0, 0.05) is 44.6 Å². The summed E-state index contributed by atoms with van der Waals surface area (Å²) < 4.78 is 4.11. The summed E-state index contributed by atoms with van der Waals surface area (Å²) >= 11 is 0. The Bertz CT molecular complexity index is 626. The number of nitrogens with one attached hydrogen (secondary N) is 1. The van der Waals surface area contributed by atoms with Crippen molar-refractivity contribution in [1.29, 1.82) is 0 Å². The number of carbonyl (C=O) groups excluding carboxylic acids is 1. The van der Waals surface area contributed by atoms with E-state index in [4.69, 9.17) is 0 Å². The minimum absolute atomic E-state index is 0.00881.